The lowest BCUT2D eigenvalue weighted by Crippen LogP contribution is -2.28. The maximum Gasteiger partial charge on any atom is 0.273 e. The van der Waals surface area contributed by atoms with Gasteiger partial charge in [0.25, 0.3) is 11.8 Å². The summed E-state index contributed by atoms with van der Waals surface area (Å²) in [5.41, 5.74) is 5.32. The highest BCUT2D eigenvalue weighted by Crippen LogP contribution is 2.01. The van der Waals surface area contributed by atoms with Gasteiger partial charge in [0.15, 0.2) is 0 Å². The fourth-order valence-corrected chi connectivity index (χ4v) is 0.831. The molecule has 0 fully saturated rings. The Morgan fingerprint density at radius 2 is 1.80 bits per heavy atom. The normalized spacial score (nSPS) is 10.7. The number of isocyanates is 2. The third-order valence-corrected chi connectivity index (χ3v) is 1.55. The molecule has 80 valence electrons. The van der Waals surface area contributed by atoms with Crippen LogP contribution < -0.4 is 5.73 Å². The van der Waals surface area contributed by atoms with E-state index in [0.29, 0.717) is 0 Å². The molecule has 0 aliphatic carbocycles. The van der Waals surface area contributed by atoms with Gasteiger partial charge in [-0.3, -0.25) is 9.59 Å². The van der Waals surface area contributed by atoms with E-state index in [1.807, 2.05) is 0 Å². The Kier molecular flexibility index (Phi) is 6.50. The number of nitrogens with zero attached hydrogens (tertiary/aromatic N) is 2. The number of hydrogen-bond donors (Lipinski definition) is 1. The van der Waals surface area contributed by atoms with Crippen LogP contribution in [0.1, 0.15) is 19.3 Å². The molecule has 0 spiro atoms. The van der Waals surface area contributed by atoms with Crippen LogP contribution in [0.5, 0.6) is 0 Å². The minimum absolute atomic E-state index is 0.00102. The lowest BCUT2D eigenvalue weighted by molar-refractivity contribution is -0.120. The van der Waals surface area contributed by atoms with Crippen molar-refractivity contribution in [2.45, 2.75) is 25.3 Å². The molecule has 0 aromatic heterocycles. The lowest BCUT2D eigenvalue weighted by atomic mass is 10.1. The molecule has 0 radical (unpaired) electrons. The minimum Gasteiger partial charge on any atom is -0.320 e. The molecule has 0 aliphatic heterocycles. The van der Waals surface area contributed by atoms with E-state index in [9.17, 15) is 19.2 Å². The summed E-state index contributed by atoms with van der Waals surface area (Å²) in [5, 5.41) is 0. The standard InChI is InChI=1S/C8H9N3O4/c9-6(8(15)11-5-13)2-1-3-7(14)10-4-12/h6H,1-3,9H2. The molecule has 1 atom stereocenters. The minimum atomic E-state index is -0.931. The van der Waals surface area contributed by atoms with Crippen LogP contribution in [0.15, 0.2) is 9.98 Å². The number of hydrogen-bond acceptors (Lipinski definition) is 5. The summed E-state index contributed by atoms with van der Waals surface area (Å²) < 4.78 is 0. The van der Waals surface area contributed by atoms with E-state index >= 15 is 0 Å². The Morgan fingerprint density at radius 3 is 2.33 bits per heavy atom. The molecule has 0 rings (SSSR count). The third kappa shape index (κ3) is 6.17. The highest BCUT2D eigenvalue weighted by molar-refractivity contribution is 5.86. The van der Waals surface area contributed by atoms with Crippen molar-refractivity contribution in [1.82, 2.24) is 0 Å². The lowest BCUT2D eigenvalue weighted by Gasteiger charge is -2.03. The fraction of sp³-hybridized carbons (Fsp3) is 0.500. The maximum atomic E-state index is 10.8. The molecule has 7 heteroatoms. The van der Waals surface area contributed by atoms with Crippen molar-refractivity contribution in [2.75, 3.05) is 0 Å². The zero-order valence-corrected chi connectivity index (χ0v) is 7.80. The van der Waals surface area contributed by atoms with Gasteiger partial charge in [-0.25, -0.2) is 9.59 Å². The summed E-state index contributed by atoms with van der Waals surface area (Å²) in [5.74, 6) is -1.40. The molecular formula is C8H9N3O4. The Labute approximate surface area is 85.1 Å². The van der Waals surface area contributed by atoms with Gasteiger partial charge >= 0.3 is 0 Å². The molecule has 0 aliphatic rings. The van der Waals surface area contributed by atoms with Crippen molar-refractivity contribution >= 4 is 24.0 Å². The average molecular weight is 211 g/mol. The van der Waals surface area contributed by atoms with E-state index in [1.54, 1.807) is 0 Å². The largest absolute Gasteiger partial charge is 0.320 e. The number of aliphatic imine (C=N–C) groups is 2. The molecule has 0 aromatic carbocycles. The number of nitrogens with two attached hydrogens (primary N) is 1. The first-order valence-electron chi connectivity index (χ1n) is 4.09. The van der Waals surface area contributed by atoms with Crippen LogP contribution in [-0.4, -0.2) is 30.0 Å². The van der Waals surface area contributed by atoms with Gasteiger partial charge < -0.3 is 5.73 Å². The van der Waals surface area contributed by atoms with Gasteiger partial charge in [-0.05, 0) is 12.8 Å². The number of amides is 2. The zero-order valence-electron chi connectivity index (χ0n) is 7.80. The second kappa shape index (κ2) is 7.46. The van der Waals surface area contributed by atoms with Crippen molar-refractivity contribution in [1.29, 1.82) is 0 Å². The summed E-state index contributed by atoms with van der Waals surface area (Å²) in [6.07, 6.45) is 2.65. The predicted molar refractivity (Wildman–Crippen MR) is 48.1 cm³/mol. The Hall–Kier alpha value is -1.94. The fourth-order valence-electron chi connectivity index (χ4n) is 0.831. The average Bonchev–Trinajstić information content (AvgIpc) is 2.18. The summed E-state index contributed by atoms with van der Waals surface area (Å²) in [6.45, 7) is 0. The van der Waals surface area contributed by atoms with E-state index in [0.717, 1.165) is 12.2 Å². The van der Waals surface area contributed by atoms with Crippen molar-refractivity contribution in [3.8, 4) is 0 Å². The van der Waals surface area contributed by atoms with Crippen molar-refractivity contribution in [3.63, 3.8) is 0 Å². The second-order valence-corrected chi connectivity index (χ2v) is 2.64. The van der Waals surface area contributed by atoms with Gasteiger partial charge in [0, 0.05) is 6.42 Å². The van der Waals surface area contributed by atoms with Crippen LogP contribution in [-0.2, 0) is 19.2 Å². The van der Waals surface area contributed by atoms with E-state index in [1.165, 1.54) is 0 Å². The molecule has 0 heterocycles. The topological polar surface area (TPSA) is 119 Å². The summed E-state index contributed by atoms with van der Waals surface area (Å²) in [7, 11) is 0. The molecule has 15 heavy (non-hydrogen) atoms. The van der Waals surface area contributed by atoms with E-state index in [4.69, 9.17) is 5.73 Å². The Bertz CT molecular complexity index is 340. The molecule has 0 saturated carbocycles. The molecule has 2 amide bonds. The summed E-state index contributed by atoms with van der Waals surface area (Å²) >= 11 is 0. The zero-order chi connectivity index (χ0) is 11.7. The maximum absolute atomic E-state index is 10.8. The van der Waals surface area contributed by atoms with Crippen LogP contribution in [0.3, 0.4) is 0 Å². The van der Waals surface area contributed by atoms with E-state index in [2.05, 4.69) is 9.98 Å². The van der Waals surface area contributed by atoms with Crippen LogP contribution in [0.4, 0.5) is 0 Å². The quantitative estimate of drug-likeness (QED) is 0.472. The Balaban J connectivity index is 3.86. The molecule has 2 N–H and O–H groups in total. The molecule has 1 unspecified atom stereocenters. The highest BCUT2D eigenvalue weighted by Gasteiger charge is 2.12. The molecule has 0 saturated heterocycles. The number of carbonyl (C=O) groups is 2. The molecular weight excluding hydrogens is 202 g/mol. The second-order valence-electron chi connectivity index (χ2n) is 2.64. The summed E-state index contributed by atoms with van der Waals surface area (Å²) in [6, 6.07) is -0.931. The predicted octanol–water partition coefficient (Wildman–Crippen LogP) is -0.791. The third-order valence-electron chi connectivity index (χ3n) is 1.55. The van der Waals surface area contributed by atoms with E-state index in [-0.39, 0.29) is 19.3 Å². The highest BCUT2D eigenvalue weighted by atomic mass is 16.2. The first-order chi connectivity index (χ1) is 7.11. The molecule has 0 aromatic rings. The molecule has 0 bridgehead atoms. The van der Waals surface area contributed by atoms with Crippen molar-refractivity contribution in [2.24, 2.45) is 15.7 Å². The monoisotopic (exact) mass is 211 g/mol. The van der Waals surface area contributed by atoms with Gasteiger partial charge in [-0.2, -0.15) is 0 Å². The van der Waals surface area contributed by atoms with Crippen molar-refractivity contribution < 1.29 is 19.2 Å². The van der Waals surface area contributed by atoms with Gasteiger partial charge in [0.2, 0.25) is 12.2 Å². The van der Waals surface area contributed by atoms with Crippen LogP contribution >= 0.6 is 0 Å². The van der Waals surface area contributed by atoms with Gasteiger partial charge in [-0.1, -0.05) is 0 Å². The SMILES string of the molecule is NC(CCCC(=O)N=C=O)C(=O)N=C=O. The van der Waals surface area contributed by atoms with Gasteiger partial charge in [0.05, 0.1) is 6.04 Å². The van der Waals surface area contributed by atoms with E-state index < -0.39 is 17.9 Å². The van der Waals surface area contributed by atoms with Crippen LogP contribution in [0.2, 0.25) is 0 Å². The van der Waals surface area contributed by atoms with Gasteiger partial charge in [0.1, 0.15) is 0 Å². The number of carbonyl (C=O) groups excluding carboxylic acids is 4. The smallest absolute Gasteiger partial charge is 0.273 e. The number of rotatable bonds is 5. The van der Waals surface area contributed by atoms with Crippen LogP contribution in [0.25, 0.3) is 0 Å². The first kappa shape index (κ1) is 13.1. The van der Waals surface area contributed by atoms with Gasteiger partial charge in [-0.15, -0.1) is 9.98 Å². The molecule has 7 nitrogen and oxygen atoms in total. The Morgan fingerprint density at radius 1 is 1.20 bits per heavy atom. The first-order valence-corrected chi connectivity index (χ1v) is 4.09. The van der Waals surface area contributed by atoms with Crippen molar-refractivity contribution in [3.05, 3.63) is 0 Å². The van der Waals surface area contributed by atoms with Crippen LogP contribution in [0, 0.1) is 0 Å². The summed E-state index contributed by atoms with van der Waals surface area (Å²) in [4.78, 5) is 46.5.